The van der Waals surface area contributed by atoms with Crippen molar-refractivity contribution in [2.75, 3.05) is 13.1 Å². The van der Waals surface area contributed by atoms with Crippen LogP contribution in [-0.4, -0.2) is 36.2 Å². The van der Waals surface area contributed by atoms with Crippen LogP contribution >= 0.6 is 0 Å². The molecule has 26 heavy (non-hydrogen) atoms. The number of pyridine rings is 1. The molecule has 1 aliphatic heterocycles. The second-order valence-corrected chi connectivity index (χ2v) is 8.65. The van der Waals surface area contributed by atoms with Crippen LogP contribution in [-0.2, 0) is 16.4 Å². The van der Waals surface area contributed by atoms with E-state index in [0.717, 1.165) is 25.9 Å². The minimum Gasteiger partial charge on any atom is -0.506 e. The number of aromatic hydroxyl groups is 1. The number of nitrogens with one attached hydrogen (secondary N) is 1. The van der Waals surface area contributed by atoms with Gasteiger partial charge in [0.2, 0.25) is 9.84 Å². The van der Waals surface area contributed by atoms with Gasteiger partial charge in [0, 0.05) is 18.8 Å². The van der Waals surface area contributed by atoms with Crippen LogP contribution in [0.25, 0.3) is 11.0 Å². The average Bonchev–Trinajstić information content (AvgIpc) is 3.02. The van der Waals surface area contributed by atoms with Gasteiger partial charge in [0.05, 0.1) is 16.6 Å². The molecule has 1 aliphatic rings. The van der Waals surface area contributed by atoms with Crippen LogP contribution in [0.1, 0.15) is 12.8 Å². The number of aromatic nitrogens is 2. The van der Waals surface area contributed by atoms with E-state index in [9.17, 15) is 13.5 Å². The molecule has 2 aromatic heterocycles. The highest BCUT2D eigenvalue weighted by Crippen LogP contribution is 2.31. The molecule has 0 saturated carbocycles. The molecule has 1 atom stereocenters. The first-order valence-corrected chi connectivity index (χ1v) is 10.2. The summed E-state index contributed by atoms with van der Waals surface area (Å²) in [5.74, 6) is 0.455. The van der Waals surface area contributed by atoms with Crippen LogP contribution in [0.15, 0.2) is 58.6 Å². The van der Waals surface area contributed by atoms with Crippen molar-refractivity contribution in [3.05, 3.63) is 48.8 Å². The number of rotatable bonds is 4. The second kappa shape index (κ2) is 6.74. The van der Waals surface area contributed by atoms with Gasteiger partial charge in [0.1, 0.15) is 16.2 Å². The van der Waals surface area contributed by atoms with Gasteiger partial charge in [0.15, 0.2) is 0 Å². The number of benzene rings is 1. The van der Waals surface area contributed by atoms with Crippen LogP contribution in [0.5, 0.6) is 5.75 Å². The van der Waals surface area contributed by atoms with Gasteiger partial charge in [-0.3, -0.25) is 0 Å². The molecule has 0 spiro atoms. The van der Waals surface area contributed by atoms with Crippen LogP contribution in [0, 0.1) is 5.92 Å². The molecule has 1 aromatic carbocycles. The Morgan fingerprint density at radius 2 is 2.08 bits per heavy atom. The lowest BCUT2D eigenvalue weighted by Gasteiger charge is -2.23. The summed E-state index contributed by atoms with van der Waals surface area (Å²) in [5.41, 5.74) is 1.04. The maximum Gasteiger partial charge on any atom is 0.210 e. The number of sulfone groups is 1. The molecule has 1 saturated heterocycles. The molecule has 1 fully saturated rings. The van der Waals surface area contributed by atoms with E-state index in [0.29, 0.717) is 23.5 Å². The van der Waals surface area contributed by atoms with Gasteiger partial charge in [0.25, 0.3) is 0 Å². The average molecular weight is 371 g/mol. The van der Waals surface area contributed by atoms with Crippen molar-refractivity contribution in [2.24, 2.45) is 5.92 Å². The van der Waals surface area contributed by atoms with Crippen molar-refractivity contribution < 1.29 is 13.5 Å². The van der Waals surface area contributed by atoms with Crippen LogP contribution in [0.3, 0.4) is 0 Å². The first-order valence-electron chi connectivity index (χ1n) is 8.74. The Morgan fingerprint density at radius 1 is 1.27 bits per heavy atom. The van der Waals surface area contributed by atoms with Gasteiger partial charge in [-0.05, 0) is 44.0 Å². The molecule has 2 N–H and O–H groups in total. The van der Waals surface area contributed by atoms with Crippen molar-refractivity contribution in [2.45, 2.75) is 29.2 Å². The molecule has 136 valence electrons. The van der Waals surface area contributed by atoms with E-state index >= 15 is 0 Å². The zero-order valence-corrected chi connectivity index (χ0v) is 15.1. The summed E-state index contributed by atoms with van der Waals surface area (Å²) in [5, 5.41) is 13.2. The van der Waals surface area contributed by atoms with E-state index in [1.54, 1.807) is 42.6 Å². The van der Waals surface area contributed by atoms with Crippen molar-refractivity contribution in [1.82, 2.24) is 14.9 Å². The fourth-order valence-electron chi connectivity index (χ4n) is 3.56. The van der Waals surface area contributed by atoms with Gasteiger partial charge in [-0.25, -0.2) is 13.4 Å². The number of nitrogens with zero attached hydrogens (tertiary/aromatic N) is 2. The second-order valence-electron chi connectivity index (χ2n) is 6.74. The lowest BCUT2D eigenvalue weighted by Crippen LogP contribution is -2.32. The molecule has 0 radical (unpaired) electrons. The third-order valence-electron chi connectivity index (χ3n) is 4.87. The normalized spacial score (nSPS) is 18.2. The minimum absolute atomic E-state index is 0.0299. The fourth-order valence-corrected chi connectivity index (χ4v) is 5.00. The van der Waals surface area contributed by atoms with E-state index in [2.05, 4.69) is 10.3 Å². The molecule has 3 aromatic rings. The van der Waals surface area contributed by atoms with Gasteiger partial charge >= 0.3 is 0 Å². The molecular formula is C19H21N3O3S. The maximum absolute atomic E-state index is 13.1. The van der Waals surface area contributed by atoms with Gasteiger partial charge < -0.3 is 15.0 Å². The molecule has 3 heterocycles. The van der Waals surface area contributed by atoms with E-state index < -0.39 is 9.84 Å². The Kier molecular flexibility index (Phi) is 4.42. The zero-order chi connectivity index (χ0) is 18.1. The monoisotopic (exact) mass is 371 g/mol. The summed E-state index contributed by atoms with van der Waals surface area (Å²) in [6.45, 7) is 2.63. The Bertz CT molecular complexity index is 1020. The third kappa shape index (κ3) is 3.08. The Morgan fingerprint density at radius 3 is 2.81 bits per heavy atom. The Balaban J connectivity index is 1.83. The van der Waals surface area contributed by atoms with Crippen LogP contribution in [0.2, 0.25) is 0 Å². The Hall–Kier alpha value is -2.38. The summed E-state index contributed by atoms with van der Waals surface area (Å²) >= 11 is 0. The number of piperidine rings is 1. The van der Waals surface area contributed by atoms with E-state index in [1.165, 1.54) is 6.20 Å². The predicted molar refractivity (Wildman–Crippen MR) is 98.9 cm³/mol. The van der Waals surface area contributed by atoms with E-state index in [1.807, 2.05) is 4.57 Å². The minimum atomic E-state index is -3.68. The molecule has 7 heteroatoms. The van der Waals surface area contributed by atoms with Crippen molar-refractivity contribution in [3.63, 3.8) is 0 Å². The Labute approximate surface area is 152 Å². The molecule has 4 rings (SSSR count). The van der Waals surface area contributed by atoms with Crippen LogP contribution < -0.4 is 5.32 Å². The molecule has 6 nitrogen and oxygen atoms in total. The predicted octanol–water partition coefficient (Wildman–Crippen LogP) is 2.57. The SMILES string of the molecule is O=S(=O)(c1ccccc1)c1cn(CC2CCCNC2)c2cc(O)cnc12. The largest absolute Gasteiger partial charge is 0.506 e. The highest BCUT2D eigenvalue weighted by molar-refractivity contribution is 7.91. The van der Waals surface area contributed by atoms with Crippen molar-refractivity contribution in [1.29, 1.82) is 0 Å². The zero-order valence-electron chi connectivity index (χ0n) is 14.3. The highest BCUT2D eigenvalue weighted by Gasteiger charge is 2.25. The smallest absolute Gasteiger partial charge is 0.210 e. The third-order valence-corrected chi connectivity index (χ3v) is 6.64. The highest BCUT2D eigenvalue weighted by atomic mass is 32.2. The summed E-state index contributed by atoms with van der Waals surface area (Å²) in [4.78, 5) is 4.65. The lowest BCUT2D eigenvalue weighted by atomic mass is 10.00. The van der Waals surface area contributed by atoms with E-state index in [4.69, 9.17) is 0 Å². The van der Waals surface area contributed by atoms with Gasteiger partial charge in [-0.2, -0.15) is 0 Å². The fraction of sp³-hybridized carbons (Fsp3) is 0.316. The van der Waals surface area contributed by atoms with Gasteiger partial charge in [-0.1, -0.05) is 18.2 Å². The van der Waals surface area contributed by atoms with Crippen LogP contribution in [0.4, 0.5) is 0 Å². The van der Waals surface area contributed by atoms with Gasteiger partial charge in [-0.15, -0.1) is 0 Å². The quantitative estimate of drug-likeness (QED) is 0.736. The maximum atomic E-state index is 13.1. The summed E-state index contributed by atoms with van der Waals surface area (Å²) < 4.78 is 28.1. The lowest BCUT2D eigenvalue weighted by molar-refractivity contribution is 0.340. The van der Waals surface area contributed by atoms with Crippen molar-refractivity contribution >= 4 is 20.9 Å². The van der Waals surface area contributed by atoms with E-state index in [-0.39, 0.29) is 15.5 Å². The summed E-state index contributed by atoms with van der Waals surface area (Å²) in [7, 11) is -3.68. The topological polar surface area (TPSA) is 84.2 Å². The molecule has 0 aliphatic carbocycles. The standard InChI is InChI=1S/C19H21N3O3S/c23-15-9-17-19(21-11-15)18(26(24,25)16-6-2-1-3-7-16)13-22(17)12-14-5-4-8-20-10-14/h1-3,6-7,9,11,13-14,20,23H,4-5,8,10,12H2. The number of fused-ring (bicyclic) bond motifs is 1. The molecule has 0 amide bonds. The first-order chi connectivity index (χ1) is 12.6. The molecular weight excluding hydrogens is 350 g/mol. The summed E-state index contributed by atoms with van der Waals surface area (Å²) in [6, 6.07) is 9.96. The number of hydrogen-bond acceptors (Lipinski definition) is 5. The number of hydrogen-bond donors (Lipinski definition) is 2. The van der Waals surface area contributed by atoms with Crippen molar-refractivity contribution in [3.8, 4) is 5.75 Å². The molecule has 0 bridgehead atoms. The first kappa shape index (κ1) is 17.1. The summed E-state index contributed by atoms with van der Waals surface area (Å²) in [6.07, 6.45) is 5.16. The molecule has 1 unspecified atom stereocenters.